The van der Waals surface area contributed by atoms with E-state index < -0.39 is 0 Å². The van der Waals surface area contributed by atoms with Gasteiger partial charge in [-0.15, -0.1) is 0 Å². The van der Waals surface area contributed by atoms with Gasteiger partial charge in [0.2, 0.25) is 0 Å². The molecule has 2 aromatic rings. The minimum absolute atomic E-state index is 0.0225. The SMILES string of the molecule is CCc1c[nH]c2cc(C(C)C)[nH]c(=O)c12. The van der Waals surface area contributed by atoms with Gasteiger partial charge in [-0.3, -0.25) is 4.79 Å². The second-order valence-electron chi connectivity index (χ2n) is 4.16. The fraction of sp³-hybridized carbons (Fsp3) is 0.417. The first kappa shape index (κ1) is 10.0. The fourth-order valence-corrected chi connectivity index (χ4v) is 1.84. The molecule has 0 aliphatic heterocycles. The smallest absolute Gasteiger partial charge is 0.257 e. The highest BCUT2D eigenvalue weighted by Crippen LogP contribution is 2.18. The van der Waals surface area contributed by atoms with E-state index >= 15 is 0 Å². The van der Waals surface area contributed by atoms with Gasteiger partial charge in [-0.05, 0) is 24.0 Å². The quantitative estimate of drug-likeness (QED) is 0.776. The van der Waals surface area contributed by atoms with Gasteiger partial charge in [0.05, 0.1) is 10.9 Å². The van der Waals surface area contributed by atoms with Crippen molar-refractivity contribution in [3.63, 3.8) is 0 Å². The monoisotopic (exact) mass is 204 g/mol. The minimum atomic E-state index is 0.0225. The predicted molar refractivity (Wildman–Crippen MR) is 62.4 cm³/mol. The van der Waals surface area contributed by atoms with E-state index in [-0.39, 0.29) is 5.56 Å². The van der Waals surface area contributed by atoms with Crippen LogP contribution < -0.4 is 5.56 Å². The Morgan fingerprint density at radius 3 is 2.73 bits per heavy atom. The Balaban J connectivity index is 2.75. The zero-order chi connectivity index (χ0) is 11.0. The lowest BCUT2D eigenvalue weighted by molar-refractivity contribution is 0.820. The van der Waals surface area contributed by atoms with Crippen molar-refractivity contribution in [3.8, 4) is 0 Å². The first-order valence-electron chi connectivity index (χ1n) is 5.36. The Kier molecular flexibility index (Phi) is 2.39. The van der Waals surface area contributed by atoms with E-state index in [1.165, 1.54) is 0 Å². The summed E-state index contributed by atoms with van der Waals surface area (Å²) in [6.07, 6.45) is 2.80. The van der Waals surface area contributed by atoms with Crippen molar-refractivity contribution < 1.29 is 0 Å². The van der Waals surface area contributed by atoms with Crippen molar-refractivity contribution in [1.82, 2.24) is 9.97 Å². The van der Waals surface area contributed by atoms with Gasteiger partial charge >= 0.3 is 0 Å². The summed E-state index contributed by atoms with van der Waals surface area (Å²) in [6.45, 7) is 6.19. The summed E-state index contributed by atoms with van der Waals surface area (Å²) >= 11 is 0. The average molecular weight is 204 g/mol. The van der Waals surface area contributed by atoms with E-state index in [4.69, 9.17) is 0 Å². The molecule has 2 N–H and O–H groups in total. The lowest BCUT2D eigenvalue weighted by Gasteiger charge is -2.04. The molecule has 0 bridgehead atoms. The molecule has 3 heteroatoms. The number of aromatic amines is 2. The Bertz CT molecular complexity index is 534. The van der Waals surface area contributed by atoms with E-state index in [2.05, 4.69) is 30.7 Å². The van der Waals surface area contributed by atoms with E-state index in [0.717, 1.165) is 28.6 Å². The van der Waals surface area contributed by atoms with Crippen LogP contribution in [0.25, 0.3) is 10.9 Å². The molecule has 15 heavy (non-hydrogen) atoms. The molecule has 0 atom stereocenters. The Morgan fingerprint density at radius 2 is 2.13 bits per heavy atom. The van der Waals surface area contributed by atoms with Gasteiger partial charge in [-0.2, -0.15) is 0 Å². The Hall–Kier alpha value is -1.51. The van der Waals surface area contributed by atoms with E-state index in [1.807, 2.05) is 12.3 Å². The van der Waals surface area contributed by atoms with E-state index in [0.29, 0.717) is 5.92 Å². The molecule has 0 fully saturated rings. The van der Waals surface area contributed by atoms with Crippen LogP contribution in [0.15, 0.2) is 17.1 Å². The van der Waals surface area contributed by atoms with Gasteiger partial charge in [0, 0.05) is 11.9 Å². The lowest BCUT2D eigenvalue weighted by Crippen LogP contribution is -2.10. The number of pyridine rings is 1. The number of hydrogen-bond donors (Lipinski definition) is 2. The normalized spacial score (nSPS) is 11.5. The van der Waals surface area contributed by atoms with Crippen LogP contribution in [0, 0.1) is 0 Å². The van der Waals surface area contributed by atoms with Gasteiger partial charge in [0.25, 0.3) is 5.56 Å². The second kappa shape index (κ2) is 3.57. The average Bonchev–Trinajstić information content (AvgIpc) is 2.60. The van der Waals surface area contributed by atoms with Crippen LogP contribution >= 0.6 is 0 Å². The largest absolute Gasteiger partial charge is 0.361 e. The van der Waals surface area contributed by atoms with Crippen molar-refractivity contribution in [2.24, 2.45) is 0 Å². The molecule has 0 unspecified atom stereocenters. The highest BCUT2D eigenvalue weighted by Gasteiger charge is 2.09. The summed E-state index contributed by atoms with van der Waals surface area (Å²) in [7, 11) is 0. The van der Waals surface area contributed by atoms with E-state index in [9.17, 15) is 4.79 Å². The van der Waals surface area contributed by atoms with Crippen molar-refractivity contribution in [1.29, 1.82) is 0 Å². The van der Waals surface area contributed by atoms with Crippen LogP contribution in [0.1, 0.15) is 37.9 Å². The van der Waals surface area contributed by atoms with Gasteiger partial charge in [0.15, 0.2) is 0 Å². The molecule has 2 aromatic heterocycles. The molecule has 0 radical (unpaired) electrons. The summed E-state index contributed by atoms with van der Waals surface area (Å²) in [5.74, 6) is 0.343. The summed E-state index contributed by atoms with van der Waals surface area (Å²) < 4.78 is 0. The lowest BCUT2D eigenvalue weighted by atomic mass is 10.1. The Morgan fingerprint density at radius 1 is 1.40 bits per heavy atom. The van der Waals surface area contributed by atoms with Gasteiger partial charge in [-0.25, -0.2) is 0 Å². The molecule has 80 valence electrons. The molecule has 0 amide bonds. The second-order valence-corrected chi connectivity index (χ2v) is 4.16. The maximum atomic E-state index is 11.9. The topological polar surface area (TPSA) is 48.6 Å². The molecular weight excluding hydrogens is 188 g/mol. The third-order valence-corrected chi connectivity index (χ3v) is 2.78. The number of aryl methyl sites for hydroxylation is 1. The van der Waals surface area contributed by atoms with Crippen LogP contribution in [-0.4, -0.2) is 9.97 Å². The summed E-state index contributed by atoms with van der Waals surface area (Å²) in [6, 6.07) is 2.03. The molecule has 0 aliphatic rings. The number of hydrogen-bond acceptors (Lipinski definition) is 1. The Labute approximate surface area is 88.5 Å². The van der Waals surface area contributed by atoms with Gasteiger partial charge in [0.1, 0.15) is 0 Å². The van der Waals surface area contributed by atoms with Crippen molar-refractivity contribution in [3.05, 3.63) is 33.9 Å². The van der Waals surface area contributed by atoms with Crippen LogP contribution in [-0.2, 0) is 6.42 Å². The highest BCUT2D eigenvalue weighted by molar-refractivity contribution is 5.82. The molecular formula is C12H16N2O. The van der Waals surface area contributed by atoms with Gasteiger partial charge < -0.3 is 9.97 Å². The van der Waals surface area contributed by atoms with E-state index in [1.54, 1.807) is 0 Å². The third-order valence-electron chi connectivity index (χ3n) is 2.78. The molecule has 3 nitrogen and oxygen atoms in total. The van der Waals surface area contributed by atoms with Crippen LogP contribution in [0.4, 0.5) is 0 Å². The van der Waals surface area contributed by atoms with Crippen LogP contribution in [0.2, 0.25) is 0 Å². The summed E-state index contributed by atoms with van der Waals surface area (Å²) in [5, 5.41) is 0.807. The first-order valence-corrected chi connectivity index (χ1v) is 5.36. The molecule has 0 saturated heterocycles. The number of fused-ring (bicyclic) bond motifs is 1. The molecule has 0 aromatic carbocycles. The number of aromatic nitrogens is 2. The number of nitrogens with one attached hydrogen (secondary N) is 2. The minimum Gasteiger partial charge on any atom is -0.361 e. The van der Waals surface area contributed by atoms with Crippen molar-refractivity contribution >= 4 is 10.9 Å². The number of H-pyrrole nitrogens is 2. The number of rotatable bonds is 2. The zero-order valence-corrected chi connectivity index (χ0v) is 9.35. The summed E-state index contributed by atoms with van der Waals surface area (Å²) in [4.78, 5) is 18.0. The highest BCUT2D eigenvalue weighted by atomic mass is 16.1. The molecule has 0 aliphatic carbocycles. The molecule has 0 saturated carbocycles. The standard InChI is InChI=1S/C12H16N2O/c1-4-8-6-13-10-5-9(7(2)3)14-12(15)11(8)10/h5-7,13H,4H2,1-3H3,(H,14,15). The van der Waals surface area contributed by atoms with Crippen LogP contribution in [0.3, 0.4) is 0 Å². The maximum absolute atomic E-state index is 11.9. The molecule has 2 rings (SSSR count). The summed E-state index contributed by atoms with van der Waals surface area (Å²) in [5.41, 5.74) is 3.03. The van der Waals surface area contributed by atoms with Crippen molar-refractivity contribution in [2.75, 3.05) is 0 Å². The fourth-order valence-electron chi connectivity index (χ4n) is 1.84. The molecule has 2 heterocycles. The molecule has 0 spiro atoms. The predicted octanol–water partition coefficient (Wildman–Crippen LogP) is 2.54. The maximum Gasteiger partial charge on any atom is 0.257 e. The van der Waals surface area contributed by atoms with Crippen molar-refractivity contribution in [2.45, 2.75) is 33.1 Å². The van der Waals surface area contributed by atoms with Crippen LogP contribution in [0.5, 0.6) is 0 Å². The third kappa shape index (κ3) is 1.58. The zero-order valence-electron chi connectivity index (χ0n) is 9.35. The van der Waals surface area contributed by atoms with Gasteiger partial charge in [-0.1, -0.05) is 20.8 Å². The first-order chi connectivity index (χ1) is 7.13.